The topological polar surface area (TPSA) is 100 Å². The first-order chi connectivity index (χ1) is 12.9. The second-order valence-electron chi connectivity index (χ2n) is 5.69. The summed E-state index contributed by atoms with van der Waals surface area (Å²) >= 11 is 6.01. The zero-order valence-electron chi connectivity index (χ0n) is 15.0. The number of amides is 2. The SMILES string of the molecule is COc1ccc(/C=N/NC(=O)CCC(=O)Nc2cccc(Cl)c2C)cc1O. The molecule has 0 fully saturated rings. The molecule has 0 aliphatic rings. The Morgan fingerprint density at radius 1 is 1.22 bits per heavy atom. The highest BCUT2D eigenvalue weighted by Crippen LogP contribution is 2.25. The Bertz CT molecular complexity index is 868. The second kappa shape index (κ2) is 9.59. The standard InChI is InChI=1S/C19H20ClN3O4/c1-12-14(20)4-3-5-15(12)22-18(25)8-9-19(26)23-21-11-13-6-7-17(27-2)16(24)10-13/h3-7,10-11,24H,8-9H2,1-2H3,(H,22,25)(H,23,26)/b21-11+. The number of carbonyl (C=O) groups excluding carboxylic acids is 2. The Kier molecular flexibility index (Phi) is 7.19. The molecule has 0 aliphatic carbocycles. The monoisotopic (exact) mass is 389 g/mol. The molecular formula is C19H20ClN3O4. The lowest BCUT2D eigenvalue weighted by atomic mass is 10.2. The molecule has 2 amide bonds. The Morgan fingerprint density at radius 3 is 2.67 bits per heavy atom. The summed E-state index contributed by atoms with van der Waals surface area (Å²) in [6.07, 6.45) is 1.37. The molecule has 8 heteroatoms. The number of methoxy groups -OCH3 is 1. The van der Waals surface area contributed by atoms with Gasteiger partial charge in [-0.05, 0) is 48.4 Å². The van der Waals surface area contributed by atoms with E-state index in [4.69, 9.17) is 16.3 Å². The average Bonchev–Trinajstić information content (AvgIpc) is 2.64. The molecule has 0 heterocycles. The van der Waals surface area contributed by atoms with Gasteiger partial charge in [-0.3, -0.25) is 9.59 Å². The highest BCUT2D eigenvalue weighted by atomic mass is 35.5. The number of nitrogens with one attached hydrogen (secondary N) is 2. The Hall–Kier alpha value is -3.06. The van der Waals surface area contributed by atoms with E-state index in [0.717, 1.165) is 5.56 Å². The number of hydrogen-bond donors (Lipinski definition) is 3. The van der Waals surface area contributed by atoms with Crippen LogP contribution in [0.5, 0.6) is 11.5 Å². The Morgan fingerprint density at radius 2 is 1.96 bits per heavy atom. The molecule has 0 radical (unpaired) electrons. The third kappa shape index (κ3) is 6.00. The van der Waals surface area contributed by atoms with Crippen molar-refractivity contribution in [2.45, 2.75) is 19.8 Å². The zero-order chi connectivity index (χ0) is 19.8. The van der Waals surface area contributed by atoms with E-state index in [1.807, 2.05) is 0 Å². The number of benzene rings is 2. The van der Waals surface area contributed by atoms with E-state index in [1.165, 1.54) is 19.4 Å². The summed E-state index contributed by atoms with van der Waals surface area (Å²) < 4.78 is 4.94. The first-order valence-electron chi connectivity index (χ1n) is 8.14. The Balaban J connectivity index is 1.79. The molecule has 0 aromatic heterocycles. The second-order valence-corrected chi connectivity index (χ2v) is 6.09. The van der Waals surface area contributed by atoms with Crippen LogP contribution in [0.15, 0.2) is 41.5 Å². The lowest BCUT2D eigenvalue weighted by molar-refractivity contribution is -0.124. The minimum Gasteiger partial charge on any atom is -0.504 e. The molecule has 0 unspecified atom stereocenters. The van der Waals surface area contributed by atoms with E-state index < -0.39 is 5.91 Å². The van der Waals surface area contributed by atoms with Crippen LogP contribution in [0.4, 0.5) is 5.69 Å². The predicted octanol–water partition coefficient (Wildman–Crippen LogP) is 3.23. The van der Waals surface area contributed by atoms with Gasteiger partial charge < -0.3 is 15.2 Å². The van der Waals surface area contributed by atoms with Gasteiger partial charge in [-0.1, -0.05) is 17.7 Å². The van der Waals surface area contributed by atoms with Crippen LogP contribution in [-0.2, 0) is 9.59 Å². The van der Waals surface area contributed by atoms with Gasteiger partial charge in [0.25, 0.3) is 0 Å². The van der Waals surface area contributed by atoms with E-state index >= 15 is 0 Å². The van der Waals surface area contributed by atoms with Crippen LogP contribution >= 0.6 is 11.6 Å². The summed E-state index contributed by atoms with van der Waals surface area (Å²) in [6, 6.07) is 9.93. The number of hydrogen-bond acceptors (Lipinski definition) is 5. The summed E-state index contributed by atoms with van der Waals surface area (Å²) in [4.78, 5) is 23.7. The smallest absolute Gasteiger partial charge is 0.240 e. The van der Waals surface area contributed by atoms with Gasteiger partial charge in [0.1, 0.15) is 0 Å². The lowest BCUT2D eigenvalue weighted by Crippen LogP contribution is -2.20. The van der Waals surface area contributed by atoms with Crippen molar-refractivity contribution in [2.75, 3.05) is 12.4 Å². The molecule has 27 heavy (non-hydrogen) atoms. The quantitative estimate of drug-likeness (QED) is 0.500. The highest BCUT2D eigenvalue weighted by Gasteiger charge is 2.09. The van der Waals surface area contributed by atoms with Crippen molar-refractivity contribution in [1.82, 2.24) is 5.43 Å². The van der Waals surface area contributed by atoms with Gasteiger partial charge in [-0.15, -0.1) is 0 Å². The summed E-state index contributed by atoms with van der Waals surface area (Å²) in [5, 5.41) is 16.8. The number of ether oxygens (including phenoxy) is 1. The van der Waals surface area contributed by atoms with Crippen LogP contribution < -0.4 is 15.5 Å². The molecular weight excluding hydrogens is 370 g/mol. The van der Waals surface area contributed by atoms with Crippen molar-refractivity contribution >= 4 is 35.3 Å². The van der Waals surface area contributed by atoms with Gasteiger partial charge in [0, 0.05) is 23.6 Å². The van der Waals surface area contributed by atoms with Crippen molar-refractivity contribution in [3.8, 4) is 11.5 Å². The number of aromatic hydroxyl groups is 1. The molecule has 3 N–H and O–H groups in total. The number of carbonyl (C=O) groups is 2. The molecule has 0 spiro atoms. The normalized spacial score (nSPS) is 10.6. The van der Waals surface area contributed by atoms with Crippen LogP contribution in [0.1, 0.15) is 24.0 Å². The molecule has 0 saturated carbocycles. The summed E-state index contributed by atoms with van der Waals surface area (Å²) in [5.41, 5.74) is 4.31. The van der Waals surface area contributed by atoms with E-state index in [1.54, 1.807) is 37.3 Å². The van der Waals surface area contributed by atoms with Gasteiger partial charge in [0.2, 0.25) is 11.8 Å². The maximum absolute atomic E-state index is 12.0. The van der Waals surface area contributed by atoms with Crippen LogP contribution in [0.25, 0.3) is 0 Å². The van der Waals surface area contributed by atoms with Gasteiger partial charge in [-0.2, -0.15) is 5.10 Å². The molecule has 142 valence electrons. The van der Waals surface area contributed by atoms with Gasteiger partial charge in [-0.25, -0.2) is 5.43 Å². The number of nitrogens with zero attached hydrogens (tertiary/aromatic N) is 1. The number of halogens is 1. The maximum atomic E-state index is 12.0. The van der Waals surface area contributed by atoms with Crippen LogP contribution in [0.3, 0.4) is 0 Å². The Labute approximate surface area is 162 Å². The molecule has 2 rings (SSSR count). The third-order valence-electron chi connectivity index (χ3n) is 3.73. The molecule has 0 saturated heterocycles. The molecule has 7 nitrogen and oxygen atoms in total. The van der Waals surface area contributed by atoms with Crippen molar-refractivity contribution in [2.24, 2.45) is 5.10 Å². The van der Waals surface area contributed by atoms with Crippen molar-refractivity contribution < 1.29 is 19.4 Å². The van der Waals surface area contributed by atoms with Crippen molar-refractivity contribution in [1.29, 1.82) is 0 Å². The summed E-state index contributed by atoms with van der Waals surface area (Å²) in [6.45, 7) is 1.80. The number of phenolic OH excluding ortho intramolecular Hbond substituents is 1. The van der Waals surface area contributed by atoms with Gasteiger partial charge in [0.05, 0.1) is 13.3 Å². The number of anilines is 1. The fourth-order valence-corrected chi connectivity index (χ4v) is 2.38. The molecule has 2 aromatic rings. The van der Waals surface area contributed by atoms with E-state index in [2.05, 4.69) is 15.8 Å². The van der Waals surface area contributed by atoms with E-state index in [9.17, 15) is 14.7 Å². The van der Waals surface area contributed by atoms with Crippen LogP contribution in [-0.4, -0.2) is 30.2 Å². The largest absolute Gasteiger partial charge is 0.504 e. The molecule has 0 aliphatic heterocycles. The molecule has 0 atom stereocenters. The van der Waals surface area contributed by atoms with Crippen LogP contribution in [0, 0.1) is 6.92 Å². The summed E-state index contributed by atoms with van der Waals surface area (Å²) in [5.74, 6) is -0.376. The fraction of sp³-hybridized carbons (Fsp3) is 0.211. The van der Waals surface area contributed by atoms with Crippen molar-refractivity contribution in [3.63, 3.8) is 0 Å². The minimum absolute atomic E-state index is 0.0105. The van der Waals surface area contributed by atoms with Crippen LogP contribution in [0.2, 0.25) is 5.02 Å². The first kappa shape index (κ1) is 20.3. The summed E-state index contributed by atoms with van der Waals surface area (Å²) in [7, 11) is 1.45. The van der Waals surface area contributed by atoms with Gasteiger partial charge >= 0.3 is 0 Å². The predicted molar refractivity (Wildman–Crippen MR) is 104 cm³/mol. The van der Waals surface area contributed by atoms with E-state index in [-0.39, 0.29) is 24.5 Å². The molecule has 2 aromatic carbocycles. The highest BCUT2D eigenvalue weighted by molar-refractivity contribution is 6.31. The maximum Gasteiger partial charge on any atom is 0.240 e. The number of hydrazone groups is 1. The van der Waals surface area contributed by atoms with Gasteiger partial charge in [0.15, 0.2) is 11.5 Å². The lowest BCUT2D eigenvalue weighted by Gasteiger charge is -2.09. The average molecular weight is 390 g/mol. The molecule has 0 bridgehead atoms. The number of phenols is 1. The zero-order valence-corrected chi connectivity index (χ0v) is 15.7. The fourth-order valence-electron chi connectivity index (χ4n) is 2.20. The first-order valence-corrected chi connectivity index (χ1v) is 8.52. The van der Waals surface area contributed by atoms with Crippen molar-refractivity contribution in [3.05, 3.63) is 52.5 Å². The minimum atomic E-state index is -0.401. The third-order valence-corrected chi connectivity index (χ3v) is 4.14. The number of rotatable bonds is 7. The van der Waals surface area contributed by atoms with E-state index in [0.29, 0.717) is 22.0 Å².